The van der Waals surface area contributed by atoms with Crippen LogP contribution in [-0.2, 0) is 50.1 Å². The summed E-state index contributed by atoms with van der Waals surface area (Å²) in [6.07, 6.45) is 0.168. The molecule has 0 saturated carbocycles. The number of sulfonamides is 1. The fourth-order valence-electron chi connectivity index (χ4n) is 9.01. The number of alkyl carbamates (subject to hydrolysis) is 2. The molecular formula is C54H76N10O13S. The first-order valence-electron chi connectivity index (χ1n) is 26.1. The van der Waals surface area contributed by atoms with Gasteiger partial charge in [0, 0.05) is 44.3 Å². The number of rotatable bonds is 22. The zero-order chi connectivity index (χ0) is 57.3. The van der Waals surface area contributed by atoms with E-state index in [1.54, 1.807) is 46.8 Å². The van der Waals surface area contributed by atoms with Crippen molar-refractivity contribution in [3.8, 4) is 5.75 Å². The fraction of sp³-hybridized carbons (Fsp3) is 0.519. The number of benzene rings is 3. The number of aryl methyl sites for hydroxylation is 1. The molecule has 8 amide bonds. The highest BCUT2D eigenvalue weighted by Gasteiger charge is 2.45. The molecule has 24 heteroatoms. The van der Waals surface area contributed by atoms with Gasteiger partial charge in [0.1, 0.15) is 36.1 Å². The number of hydrogen-bond donors (Lipinski definition) is 8. The summed E-state index contributed by atoms with van der Waals surface area (Å²) in [6.45, 7) is 13.7. The third-order valence-electron chi connectivity index (χ3n) is 13.0. The number of ether oxygens (including phenoxy) is 3. The van der Waals surface area contributed by atoms with E-state index in [0.29, 0.717) is 37.9 Å². The van der Waals surface area contributed by atoms with Crippen molar-refractivity contribution < 1.29 is 61.0 Å². The van der Waals surface area contributed by atoms with Gasteiger partial charge < -0.3 is 45.7 Å². The highest BCUT2D eigenvalue weighted by molar-refractivity contribution is 7.89. The minimum atomic E-state index is -4.13. The van der Waals surface area contributed by atoms with Gasteiger partial charge in [-0.25, -0.2) is 22.7 Å². The van der Waals surface area contributed by atoms with Crippen LogP contribution in [0.4, 0.5) is 15.3 Å². The van der Waals surface area contributed by atoms with Crippen LogP contribution in [0, 0.1) is 12.8 Å². The largest absolute Gasteiger partial charge is 0.496 e. The SMILES string of the molecule is COc1ccc(NC(C)=O)cc1C(=O)NNC(=O)[C@H](CCCCNC(=O)OCc1ccccc1)NC(=O)[C@@H]1CCCN1[C@@H]1CN(C(=O)[C@@H](NC(=O)[C@H](C)NC(=O)OC(C)(C)C)C(C)C)CC[C@H]1NS(=O)(=O)c1ccc(C)cc1. The van der Waals surface area contributed by atoms with Crippen molar-refractivity contribution >= 4 is 63.3 Å². The van der Waals surface area contributed by atoms with Crippen molar-refractivity contribution in [2.45, 2.75) is 147 Å². The Kier molecular flexibility index (Phi) is 22.4. The quantitative estimate of drug-likeness (QED) is 0.0525. The summed E-state index contributed by atoms with van der Waals surface area (Å²) < 4.78 is 46.9. The molecule has 2 saturated heterocycles. The maximum absolute atomic E-state index is 14.7. The lowest BCUT2D eigenvalue weighted by Gasteiger charge is -2.45. The van der Waals surface area contributed by atoms with Gasteiger partial charge in [0.2, 0.25) is 33.7 Å². The second-order valence-electron chi connectivity index (χ2n) is 20.8. The first kappa shape index (κ1) is 61.5. The molecule has 2 aliphatic heterocycles. The van der Waals surface area contributed by atoms with Gasteiger partial charge in [-0.3, -0.25) is 44.5 Å². The number of likely N-dealkylation sites (tertiary alicyclic amines) is 2. The van der Waals surface area contributed by atoms with Gasteiger partial charge in [-0.05, 0) is 122 Å². The minimum absolute atomic E-state index is 0.0177. The lowest BCUT2D eigenvalue weighted by molar-refractivity contribution is -0.140. The summed E-state index contributed by atoms with van der Waals surface area (Å²) in [5.74, 6) is -3.90. The standard InChI is InChI=1S/C54H76N10O13S/c1-33(2)46(59-47(66)35(4)56-53(72)77-54(6,7)8)51(70)63-29-26-41(62-78(73,74)39-23-20-34(3)21-24-39)44(31-63)64-28-15-19-43(64)50(69)58-42(18-13-14-27-55-52(71)76-32-37-16-11-10-12-17-37)49(68)61-60-48(67)40-30-38(57-36(5)65)22-25-45(40)75-9/h10-12,16-17,20-25,30,33,35,41-44,46,62H,13-15,18-19,26-29,31-32H2,1-9H3,(H,55,71)(H,56,72)(H,57,65)(H,58,69)(H,59,66)(H,60,67)(H,61,68)/t35-,41+,42-,43-,44+,46-/m0/s1. The number of nitrogens with zero attached hydrogens (tertiary/aromatic N) is 2. The first-order chi connectivity index (χ1) is 36.8. The lowest BCUT2D eigenvalue weighted by Crippen LogP contribution is -2.66. The Morgan fingerprint density at radius 1 is 0.808 bits per heavy atom. The molecule has 426 valence electrons. The second-order valence-corrected chi connectivity index (χ2v) is 22.5. The molecule has 0 aliphatic carbocycles. The summed E-state index contributed by atoms with van der Waals surface area (Å²) in [5.41, 5.74) is 5.90. The third kappa shape index (κ3) is 18.4. The second kappa shape index (κ2) is 28.4. The van der Waals surface area contributed by atoms with Crippen molar-refractivity contribution in [2.75, 3.05) is 38.6 Å². The lowest BCUT2D eigenvalue weighted by atomic mass is 9.95. The van der Waals surface area contributed by atoms with Crippen molar-refractivity contribution in [1.29, 1.82) is 0 Å². The highest BCUT2D eigenvalue weighted by Crippen LogP contribution is 2.29. The topological polar surface area (TPSA) is 301 Å². The zero-order valence-electron chi connectivity index (χ0n) is 45.9. The van der Waals surface area contributed by atoms with Crippen molar-refractivity contribution in [3.05, 3.63) is 89.5 Å². The molecule has 2 heterocycles. The highest BCUT2D eigenvalue weighted by atomic mass is 32.2. The van der Waals surface area contributed by atoms with E-state index in [1.165, 1.54) is 56.2 Å². The van der Waals surface area contributed by atoms with Crippen LogP contribution in [0.1, 0.15) is 108 Å². The van der Waals surface area contributed by atoms with Crippen LogP contribution in [0.5, 0.6) is 5.75 Å². The molecule has 6 atom stereocenters. The molecule has 0 unspecified atom stereocenters. The number of nitrogens with one attached hydrogen (secondary N) is 8. The van der Waals surface area contributed by atoms with Crippen LogP contribution in [0.2, 0.25) is 0 Å². The average Bonchev–Trinajstić information content (AvgIpc) is 3.89. The predicted octanol–water partition coefficient (Wildman–Crippen LogP) is 3.77. The van der Waals surface area contributed by atoms with Gasteiger partial charge in [-0.1, -0.05) is 61.9 Å². The van der Waals surface area contributed by atoms with Crippen LogP contribution < -0.4 is 46.9 Å². The van der Waals surface area contributed by atoms with Crippen LogP contribution in [0.25, 0.3) is 0 Å². The smallest absolute Gasteiger partial charge is 0.408 e. The maximum atomic E-state index is 14.7. The van der Waals surface area contributed by atoms with E-state index in [1.807, 2.05) is 42.2 Å². The van der Waals surface area contributed by atoms with Gasteiger partial charge in [0.15, 0.2) is 0 Å². The Labute approximate surface area is 456 Å². The monoisotopic (exact) mass is 1100 g/mol. The molecule has 0 bridgehead atoms. The van der Waals surface area contributed by atoms with Crippen LogP contribution in [0.15, 0.2) is 77.7 Å². The fourth-order valence-corrected chi connectivity index (χ4v) is 10.3. The van der Waals surface area contributed by atoms with Crippen molar-refractivity contribution in [1.82, 2.24) is 46.6 Å². The van der Waals surface area contributed by atoms with E-state index < -0.39 is 99.5 Å². The number of hydrazine groups is 1. The minimum Gasteiger partial charge on any atom is -0.496 e. The Morgan fingerprint density at radius 3 is 2.17 bits per heavy atom. The molecule has 3 aromatic carbocycles. The van der Waals surface area contributed by atoms with Gasteiger partial charge in [0.05, 0.1) is 23.6 Å². The number of hydrogen-bond acceptors (Lipinski definition) is 14. The summed E-state index contributed by atoms with van der Waals surface area (Å²) in [6, 6.07) is 13.9. The molecular weight excluding hydrogens is 1030 g/mol. The van der Waals surface area contributed by atoms with Gasteiger partial charge in [-0.15, -0.1) is 0 Å². The molecule has 2 fully saturated rings. The van der Waals surface area contributed by atoms with Crippen molar-refractivity contribution in [2.24, 2.45) is 5.92 Å². The van der Waals surface area contributed by atoms with E-state index in [9.17, 15) is 46.8 Å². The zero-order valence-corrected chi connectivity index (χ0v) is 46.7. The molecule has 0 radical (unpaired) electrons. The van der Waals surface area contributed by atoms with E-state index in [4.69, 9.17) is 14.2 Å². The summed E-state index contributed by atoms with van der Waals surface area (Å²) in [4.78, 5) is 110. The number of carbonyl (C=O) groups is 8. The van der Waals surface area contributed by atoms with E-state index in [2.05, 4.69) is 42.2 Å². The number of carbonyl (C=O) groups excluding carboxylic acids is 8. The number of amides is 8. The Bertz CT molecular complexity index is 2700. The first-order valence-corrected chi connectivity index (χ1v) is 27.6. The van der Waals surface area contributed by atoms with E-state index in [-0.39, 0.29) is 61.2 Å². The molecule has 23 nitrogen and oxygen atoms in total. The summed E-state index contributed by atoms with van der Waals surface area (Å²) in [5, 5.41) is 13.4. The van der Waals surface area contributed by atoms with Crippen molar-refractivity contribution in [3.63, 3.8) is 0 Å². The van der Waals surface area contributed by atoms with Crippen LogP contribution in [0.3, 0.4) is 0 Å². The van der Waals surface area contributed by atoms with Gasteiger partial charge >= 0.3 is 12.2 Å². The van der Waals surface area contributed by atoms with E-state index >= 15 is 0 Å². The molecule has 0 aromatic heterocycles. The van der Waals surface area contributed by atoms with Crippen LogP contribution in [-0.4, -0.2) is 141 Å². The van der Waals surface area contributed by atoms with Gasteiger partial charge in [0.25, 0.3) is 11.8 Å². The maximum Gasteiger partial charge on any atom is 0.408 e. The average molecular weight is 1110 g/mol. The number of piperidine rings is 1. The van der Waals surface area contributed by atoms with Gasteiger partial charge in [-0.2, -0.15) is 0 Å². The summed E-state index contributed by atoms with van der Waals surface area (Å²) >= 11 is 0. The number of methoxy groups -OCH3 is 1. The molecule has 0 spiro atoms. The number of unbranched alkanes of at least 4 members (excludes halogenated alkanes) is 1. The molecule has 2 aliphatic rings. The molecule has 5 rings (SSSR count). The Balaban J connectivity index is 1.36. The predicted molar refractivity (Wildman–Crippen MR) is 289 cm³/mol. The molecule has 8 N–H and O–H groups in total. The third-order valence-corrected chi connectivity index (χ3v) is 14.5. The normalized spacial score (nSPS) is 17.8. The Hall–Kier alpha value is -7.31. The van der Waals surface area contributed by atoms with Crippen LogP contribution >= 0.6 is 0 Å². The molecule has 3 aromatic rings. The number of anilines is 1. The van der Waals surface area contributed by atoms with E-state index in [0.717, 1.165) is 11.1 Å². The molecule has 78 heavy (non-hydrogen) atoms. The Morgan fingerprint density at radius 2 is 1.51 bits per heavy atom. The summed E-state index contributed by atoms with van der Waals surface area (Å²) in [7, 11) is -2.79.